The van der Waals surface area contributed by atoms with E-state index in [0.29, 0.717) is 36.8 Å². The SMILES string of the molecule is CCN(CC)CCCN1C(=O)C(=O)/C(=C(\O)c2ccc3c(c2)OCCO3)C1c1ccc(C(C)(C)C)cc1. The lowest BCUT2D eigenvalue weighted by atomic mass is 9.85. The Morgan fingerprint density at radius 2 is 1.65 bits per heavy atom. The molecule has 2 aliphatic heterocycles. The molecular formula is C30H38N2O5. The van der Waals surface area contributed by atoms with E-state index in [2.05, 4.69) is 39.5 Å². The summed E-state index contributed by atoms with van der Waals surface area (Å²) in [7, 11) is 0. The van der Waals surface area contributed by atoms with E-state index in [1.54, 1.807) is 23.1 Å². The number of nitrogens with zero attached hydrogens (tertiary/aromatic N) is 2. The van der Waals surface area contributed by atoms with Crippen molar-refractivity contribution in [3.05, 3.63) is 64.7 Å². The van der Waals surface area contributed by atoms with E-state index in [-0.39, 0.29) is 16.7 Å². The van der Waals surface area contributed by atoms with Crippen LogP contribution in [0.15, 0.2) is 48.0 Å². The summed E-state index contributed by atoms with van der Waals surface area (Å²) in [5.74, 6) is -0.348. The van der Waals surface area contributed by atoms with E-state index in [1.165, 1.54) is 0 Å². The van der Waals surface area contributed by atoms with Crippen LogP contribution in [-0.4, -0.2) is 66.0 Å². The van der Waals surface area contributed by atoms with Crippen LogP contribution in [0, 0.1) is 0 Å². The lowest BCUT2D eigenvalue weighted by Crippen LogP contribution is -2.33. The summed E-state index contributed by atoms with van der Waals surface area (Å²) in [5.41, 5.74) is 2.44. The molecule has 0 saturated carbocycles. The summed E-state index contributed by atoms with van der Waals surface area (Å²) in [5, 5.41) is 11.4. The standard InChI is InChI=1S/C30H38N2O5/c1-6-31(7-2)15-8-16-32-26(20-9-12-22(13-10-20)30(3,4)5)25(28(34)29(32)35)27(33)21-11-14-23-24(19-21)37-18-17-36-23/h9-14,19,26,33H,6-8,15-18H2,1-5H3/b27-25-. The molecule has 0 aromatic heterocycles. The lowest BCUT2D eigenvalue weighted by Gasteiger charge is -2.27. The average Bonchev–Trinajstić information content (AvgIpc) is 3.15. The maximum atomic E-state index is 13.4. The Morgan fingerprint density at radius 3 is 2.27 bits per heavy atom. The predicted molar refractivity (Wildman–Crippen MR) is 144 cm³/mol. The normalized spacial score (nSPS) is 19.1. The van der Waals surface area contributed by atoms with E-state index < -0.39 is 17.7 Å². The van der Waals surface area contributed by atoms with Gasteiger partial charge < -0.3 is 24.4 Å². The smallest absolute Gasteiger partial charge is 0.295 e. The zero-order chi connectivity index (χ0) is 26.7. The number of hydrogen-bond donors (Lipinski definition) is 1. The van der Waals surface area contributed by atoms with Gasteiger partial charge in [0.25, 0.3) is 11.7 Å². The molecule has 0 radical (unpaired) electrons. The zero-order valence-electron chi connectivity index (χ0n) is 22.5. The monoisotopic (exact) mass is 506 g/mol. The van der Waals surface area contributed by atoms with Gasteiger partial charge in [-0.2, -0.15) is 0 Å². The van der Waals surface area contributed by atoms with Gasteiger partial charge in [-0.15, -0.1) is 0 Å². The first kappa shape index (κ1) is 26.7. The number of hydrogen-bond acceptors (Lipinski definition) is 6. The molecule has 2 heterocycles. The van der Waals surface area contributed by atoms with E-state index in [9.17, 15) is 14.7 Å². The number of Topliss-reactive ketones (excluding diaryl/α,β-unsaturated/α-hetero) is 1. The Morgan fingerprint density at radius 1 is 1.00 bits per heavy atom. The van der Waals surface area contributed by atoms with Gasteiger partial charge in [0.05, 0.1) is 11.6 Å². The Bertz CT molecular complexity index is 1180. The number of fused-ring (bicyclic) bond motifs is 1. The third kappa shape index (κ3) is 5.52. The molecule has 1 atom stereocenters. The van der Waals surface area contributed by atoms with Gasteiger partial charge in [-0.3, -0.25) is 9.59 Å². The Kier molecular flexibility index (Phi) is 7.93. The molecule has 1 N–H and O–H groups in total. The van der Waals surface area contributed by atoms with Gasteiger partial charge in [0.1, 0.15) is 19.0 Å². The summed E-state index contributed by atoms with van der Waals surface area (Å²) in [6, 6.07) is 12.4. The number of likely N-dealkylation sites (tertiary alicyclic amines) is 1. The largest absolute Gasteiger partial charge is 0.507 e. The number of amides is 1. The summed E-state index contributed by atoms with van der Waals surface area (Å²) in [4.78, 5) is 30.5. The first-order valence-corrected chi connectivity index (χ1v) is 13.2. The molecule has 0 bridgehead atoms. The lowest BCUT2D eigenvalue weighted by molar-refractivity contribution is -0.140. The fourth-order valence-electron chi connectivity index (χ4n) is 4.97. The van der Waals surface area contributed by atoms with Crippen molar-refractivity contribution in [1.82, 2.24) is 9.80 Å². The first-order valence-electron chi connectivity index (χ1n) is 13.2. The van der Waals surface area contributed by atoms with Crippen molar-refractivity contribution in [3.63, 3.8) is 0 Å². The molecule has 2 aliphatic rings. The maximum absolute atomic E-state index is 13.4. The molecule has 0 aliphatic carbocycles. The minimum Gasteiger partial charge on any atom is -0.507 e. The highest BCUT2D eigenvalue weighted by atomic mass is 16.6. The quantitative estimate of drug-likeness (QED) is 0.311. The first-order chi connectivity index (χ1) is 17.7. The predicted octanol–water partition coefficient (Wildman–Crippen LogP) is 4.91. The maximum Gasteiger partial charge on any atom is 0.295 e. The highest BCUT2D eigenvalue weighted by Gasteiger charge is 2.46. The molecule has 1 saturated heterocycles. The molecule has 7 heteroatoms. The molecule has 1 amide bonds. The topological polar surface area (TPSA) is 79.3 Å². The molecule has 37 heavy (non-hydrogen) atoms. The number of carbonyl (C=O) groups is 2. The highest BCUT2D eigenvalue weighted by molar-refractivity contribution is 6.46. The van der Waals surface area contributed by atoms with Gasteiger partial charge in [-0.1, -0.05) is 58.9 Å². The van der Waals surface area contributed by atoms with Crippen molar-refractivity contribution in [2.75, 3.05) is 39.4 Å². The number of carbonyl (C=O) groups excluding carboxylic acids is 2. The summed E-state index contributed by atoms with van der Waals surface area (Å²) in [6.07, 6.45) is 0.731. The van der Waals surface area contributed by atoms with E-state index in [4.69, 9.17) is 9.47 Å². The van der Waals surface area contributed by atoms with Crippen LogP contribution in [0.5, 0.6) is 11.5 Å². The Hall–Kier alpha value is -3.32. The Labute approximate surface area is 219 Å². The zero-order valence-corrected chi connectivity index (χ0v) is 22.5. The second kappa shape index (κ2) is 11.0. The van der Waals surface area contributed by atoms with Gasteiger partial charge in [0.2, 0.25) is 0 Å². The van der Waals surface area contributed by atoms with Crippen LogP contribution in [0.1, 0.15) is 63.8 Å². The van der Waals surface area contributed by atoms with Crippen molar-refractivity contribution in [1.29, 1.82) is 0 Å². The van der Waals surface area contributed by atoms with Gasteiger partial charge in [-0.25, -0.2) is 0 Å². The minimum atomic E-state index is -0.668. The average molecular weight is 507 g/mol. The third-order valence-electron chi connectivity index (χ3n) is 7.22. The molecule has 1 unspecified atom stereocenters. The van der Waals surface area contributed by atoms with Crippen LogP contribution < -0.4 is 9.47 Å². The number of rotatable bonds is 8. The van der Waals surface area contributed by atoms with Crippen LogP contribution in [0.25, 0.3) is 5.76 Å². The molecule has 2 aromatic rings. The number of ketones is 1. The Balaban J connectivity index is 1.75. The van der Waals surface area contributed by atoms with Crippen LogP contribution in [0.3, 0.4) is 0 Å². The van der Waals surface area contributed by atoms with Crippen molar-refractivity contribution in [3.8, 4) is 11.5 Å². The minimum absolute atomic E-state index is 0.0324. The van der Waals surface area contributed by atoms with Crippen LogP contribution in [0.4, 0.5) is 0 Å². The summed E-state index contributed by atoms with van der Waals surface area (Å²) < 4.78 is 11.3. The van der Waals surface area contributed by atoms with Crippen molar-refractivity contribution in [2.24, 2.45) is 0 Å². The molecule has 198 valence electrons. The van der Waals surface area contributed by atoms with Gasteiger partial charge in [0, 0.05) is 12.1 Å². The van der Waals surface area contributed by atoms with Crippen molar-refractivity contribution >= 4 is 17.4 Å². The molecule has 7 nitrogen and oxygen atoms in total. The van der Waals surface area contributed by atoms with E-state index >= 15 is 0 Å². The van der Waals surface area contributed by atoms with Gasteiger partial charge >= 0.3 is 0 Å². The second-order valence-electron chi connectivity index (χ2n) is 10.6. The van der Waals surface area contributed by atoms with E-state index in [0.717, 1.165) is 37.2 Å². The van der Waals surface area contributed by atoms with Crippen molar-refractivity contribution in [2.45, 2.75) is 52.5 Å². The van der Waals surface area contributed by atoms with Gasteiger partial charge in [0.15, 0.2) is 11.5 Å². The molecule has 4 rings (SSSR count). The fraction of sp³-hybridized carbons (Fsp3) is 0.467. The summed E-state index contributed by atoms with van der Waals surface area (Å²) >= 11 is 0. The van der Waals surface area contributed by atoms with Crippen LogP contribution >= 0.6 is 0 Å². The van der Waals surface area contributed by atoms with Crippen LogP contribution in [-0.2, 0) is 15.0 Å². The number of aliphatic hydroxyl groups excluding tert-OH is 1. The molecule has 1 fully saturated rings. The second-order valence-corrected chi connectivity index (χ2v) is 10.6. The molecule has 2 aromatic carbocycles. The number of ether oxygens (including phenoxy) is 2. The molecule has 0 spiro atoms. The van der Waals surface area contributed by atoms with Gasteiger partial charge in [-0.05, 0) is 60.8 Å². The van der Waals surface area contributed by atoms with E-state index in [1.807, 2.05) is 24.3 Å². The summed E-state index contributed by atoms with van der Waals surface area (Å²) in [6.45, 7) is 14.6. The molecular weight excluding hydrogens is 468 g/mol. The fourth-order valence-corrected chi connectivity index (χ4v) is 4.97. The number of benzene rings is 2. The highest BCUT2D eigenvalue weighted by Crippen LogP contribution is 2.41. The van der Waals surface area contributed by atoms with Crippen LogP contribution in [0.2, 0.25) is 0 Å². The third-order valence-corrected chi connectivity index (χ3v) is 7.22. The van der Waals surface area contributed by atoms with Crippen molar-refractivity contribution < 1.29 is 24.2 Å². The number of aliphatic hydroxyl groups is 1.